The summed E-state index contributed by atoms with van der Waals surface area (Å²) >= 11 is 1.35. The molecule has 0 bridgehead atoms. The minimum atomic E-state index is -3.28. The van der Waals surface area contributed by atoms with Crippen LogP contribution in [0.2, 0.25) is 0 Å². The highest BCUT2D eigenvalue weighted by Gasteiger charge is 2.30. The van der Waals surface area contributed by atoms with Gasteiger partial charge in [0.15, 0.2) is 5.13 Å². The van der Waals surface area contributed by atoms with Gasteiger partial charge in [0.05, 0.1) is 24.5 Å². The molecule has 9 heteroatoms. The summed E-state index contributed by atoms with van der Waals surface area (Å²) in [7, 11) is -3.28. The largest absolute Gasteiger partial charge is 0.494 e. The van der Waals surface area contributed by atoms with Crippen molar-refractivity contribution in [3.8, 4) is 17.0 Å². The highest BCUT2D eigenvalue weighted by atomic mass is 32.2. The molecule has 1 N–H and O–H groups in total. The third kappa shape index (κ3) is 5.30. The molecule has 0 aliphatic carbocycles. The Morgan fingerprint density at radius 1 is 1.36 bits per heavy atom. The zero-order valence-corrected chi connectivity index (χ0v) is 17.7. The number of amides is 1. The highest BCUT2D eigenvalue weighted by molar-refractivity contribution is 7.88. The lowest BCUT2D eigenvalue weighted by Crippen LogP contribution is -2.43. The van der Waals surface area contributed by atoms with E-state index in [0.29, 0.717) is 31.1 Å². The number of ether oxygens (including phenoxy) is 1. The van der Waals surface area contributed by atoms with Crippen molar-refractivity contribution in [3.05, 3.63) is 29.6 Å². The maximum atomic E-state index is 12.5. The summed E-state index contributed by atoms with van der Waals surface area (Å²) in [6.07, 6.45) is 3.49. The average molecular weight is 424 g/mol. The number of piperidine rings is 1. The summed E-state index contributed by atoms with van der Waals surface area (Å²) in [4.78, 5) is 17.0. The molecule has 0 unspecified atom stereocenters. The van der Waals surface area contributed by atoms with Gasteiger partial charge in [-0.2, -0.15) is 0 Å². The summed E-state index contributed by atoms with van der Waals surface area (Å²) < 4.78 is 30.4. The zero-order valence-electron chi connectivity index (χ0n) is 16.1. The van der Waals surface area contributed by atoms with Crippen molar-refractivity contribution < 1.29 is 17.9 Å². The monoisotopic (exact) mass is 423 g/mol. The van der Waals surface area contributed by atoms with Gasteiger partial charge in [-0.25, -0.2) is 17.7 Å². The fourth-order valence-electron chi connectivity index (χ4n) is 3.07. The van der Waals surface area contributed by atoms with Gasteiger partial charge in [-0.05, 0) is 43.5 Å². The molecule has 2 heterocycles. The number of hydrogen-bond acceptors (Lipinski definition) is 6. The van der Waals surface area contributed by atoms with E-state index in [0.717, 1.165) is 23.4 Å². The number of carbonyl (C=O) groups excluding carboxylic acids is 1. The molecular weight excluding hydrogens is 398 g/mol. The first-order chi connectivity index (χ1) is 13.4. The molecule has 0 spiro atoms. The molecule has 1 aromatic carbocycles. The van der Waals surface area contributed by atoms with Crippen molar-refractivity contribution in [2.75, 3.05) is 31.3 Å². The maximum Gasteiger partial charge on any atom is 0.230 e. The minimum absolute atomic E-state index is 0.183. The Kier molecular flexibility index (Phi) is 6.69. The van der Waals surface area contributed by atoms with E-state index in [9.17, 15) is 13.2 Å². The van der Waals surface area contributed by atoms with Crippen LogP contribution in [0.15, 0.2) is 29.6 Å². The molecule has 7 nitrogen and oxygen atoms in total. The molecule has 3 rings (SSSR count). The summed E-state index contributed by atoms with van der Waals surface area (Å²) in [6.45, 7) is 3.44. The van der Waals surface area contributed by atoms with Gasteiger partial charge < -0.3 is 10.1 Å². The summed E-state index contributed by atoms with van der Waals surface area (Å²) in [6, 6.07) is 7.70. The van der Waals surface area contributed by atoms with Crippen LogP contribution in [-0.2, 0) is 14.8 Å². The Hall–Kier alpha value is -1.97. The van der Waals surface area contributed by atoms with Crippen molar-refractivity contribution in [2.24, 2.45) is 5.92 Å². The number of hydrogen-bond donors (Lipinski definition) is 1. The fourth-order valence-corrected chi connectivity index (χ4v) is 4.70. The van der Waals surface area contributed by atoms with E-state index >= 15 is 0 Å². The number of benzene rings is 1. The van der Waals surface area contributed by atoms with Crippen LogP contribution in [0.1, 0.15) is 26.2 Å². The Morgan fingerprint density at radius 3 is 2.79 bits per heavy atom. The lowest BCUT2D eigenvalue weighted by Gasteiger charge is -2.29. The fraction of sp³-hybridized carbons (Fsp3) is 0.474. The third-order valence-electron chi connectivity index (χ3n) is 4.58. The van der Waals surface area contributed by atoms with Crippen molar-refractivity contribution in [1.29, 1.82) is 0 Å². The zero-order chi connectivity index (χ0) is 20.1. The number of nitrogens with zero attached hydrogens (tertiary/aromatic N) is 2. The van der Waals surface area contributed by atoms with Gasteiger partial charge in [0, 0.05) is 24.0 Å². The number of thiazole rings is 1. The molecular formula is C19H25N3O4S2. The van der Waals surface area contributed by atoms with Crippen LogP contribution >= 0.6 is 11.3 Å². The number of sulfonamides is 1. The lowest BCUT2D eigenvalue weighted by atomic mass is 9.99. The normalized spacial score (nSPS) is 18.0. The molecule has 28 heavy (non-hydrogen) atoms. The van der Waals surface area contributed by atoms with E-state index in [1.165, 1.54) is 21.9 Å². The lowest BCUT2D eigenvalue weighted by molar-refractivity contribution is -0.120. The number of nitrogens with one attached hydrogen (secondary N) is 1. The second-order valence-corrected chi connectivity index (χ2v) is 9.70. The first kappa shape index (κ1) is 20.8. The summed E-state index contributed by atoms with van der Waals surface area (Å²) in [5.74, 6) is 0.283. The van der Waals surface area contributed by atoms with Crippen molar-refractivity contribution >= 4 is 32.4 Å². The molecule has 0 radical (unpaired) electrons. The van der Waals surface area contributed by atoms with Crippen LogP contribution in [0.4, 0.5) is 5.13 Å². The van der Waals surface area contributed by atoms with Crippen molar-refractivity contribution in [3.63, 3.8) is 0 Å². The smallest absolute Gasteiger partial charge is 0.230 e. The molecule has 2 aromatic rings. The third-order valence-corrected chi connectivity index (χ3v) is 6.61. The number of rotatable bonds is 7. The summed E-state index contributed by atoms with van der Waals surface area (Å²) in [5.41, 5.74) is 1.73. The van der Waals surface area contributed by atoms with Crippen LogP contribution < -0.4 is 10.1 Å². The highest BCUT2D eigenvalue weighted by Crippen LogP contribution is 2.27. The molecule has 1 fully saturated rings. The first-order valence-electron chi connectivity index (χ1n) is 9.31. The average Bonchev–Trinajstić information content (AvgIpc) is 3.14. The number of carbonyl (C=O) groups is 1. The Balaban J connectivity index is 1.62. The van der Waals surface area contributed by atoms with Gasteiger partial charge in [0.25, 0.3) is 0 Å². The van der Waals surface area contributed by atoms with Crippen LogP contribution in [-0.4, -0.2) is 49.6 Å². The predicted molar refractivity (Wildman–Crippen MR) is 111 cm³/mol. The van der Waals surface area contributed by atoms with Gasteiger partial charge in [0.1, 0.15) is 5.75 Å². The standard InChI is InChI=1S/C19H25N3O4S2/c1-3-11-26-16-8-6-14(7-9-16)17-13-27-19(20-17)21-18(23)15-5-4-10-22(12-15)28(2,24)25/h6-9,13,15H,3-5,10-12H2,1-2H3,(H,20,21,23)/t15-/m1/s1. The van der Waals surface area contributed by atoms with Gasteiger partial charge in [0.2, 0.25) is 15.9 Å². The van der Waals surface area contributed by atoms with Crippen LogP contribution in [0.3, 0.4) is 0 Å². The van der Waals surface area contributed by atoms with Crippen LogP contribution in [0.5, 0.6) is 5.75 Å². The van der Waals surface area contributed by atoms with Crippen LogP contribution in [0, 0.1) is 5.92 Å². The maximum absolute atomic E-state index is 12.5. The molecule has 152 valence electrons. The Labute approximate surface area is 169 Å². The van der Waals surface area contributed by atoms with E-state index in [2.05, 4.69) is 17.2 Å². The molecule has 1 amide bonds. The Bertz CT molecular complexity index is 910. The van der Waals surface area contributed by atoms with E-state index in [4.69, 9.17) is 4.74 Å². The van der Waals surface area contributed by atoms with E-state index in [1.807, 2.05) is 29.6 Å². The molecule has 0 saturated carbocycles. The topological polar surface area (TPSA) is 88.6 Å². The Morgan fingerprint density at radius 2 is 2.11 bits per heavy atom. The van der Waals surface area contributed by atoms with Gasteiger partial charge in [-0.15, -0.1) is 11.3 Å². The number of aromatic nitrogens is 1. The second-order valence-electron chi connectivity index (χ2n) is 6.86. The van der Waals surface area contributed by atoms with Crippen molar-refractivity contribution in [1.82, 2.24) is 9.29 Å². The van der Waals surface area contributed by atoms with Gasteiger partial charge in [-0.3, -0.25) is 4.79 Å². The van der Waals surface area contributed by atoms with Gasteiger partial charge >= 0.3 is 0 Å². The quantitative estimate of drug-likeness (QED) is 0.739. The van der Waals surface area contributed by atoms with Crippen LogP contribution in [0.25, 0.3) is 11.3 Å². The molecule has 1 atom stereocenters. The summed E-state index contributed by atoms with van der Waals surface area (Å²) in [5, 5.41) is 5.24. The second kappa shape index (κ2) is 9.02. The molecule has 1 saturated heterocycles. The first-order valence-corrected chi connectivity index (χ1v) is 12.0. The number of anilines is 1. The molecule has 1 aliphatic heterocycles. The van der Waals surface area contributed by atoms with Gasteiger partial charge in [-0.1, -0.05) is 6.92 Å². The van der Waals surface area contributed by atoms with Crippen molar-refractivity contribution in [2.45, 2.75) is 26.2 Å². The SMILES string of the molecule is CCCOc1ccc(-c2csc(NC(=O)[C@@H]3CCCN(S(C)(=O)=O)C3)n2)cc1. The molecule has 1 aliphatic rings. The van der Waals surface area contributed by atoms with E-state index < -0.39 is 10.0 Å². The minimum Gasteiger partial charge on any atom is -0.494 e. The predicted octanol–water partition coefficient (Wildman–Crippen LogP) is 3.21. The molecule has 1 aromatic heterocycles. The van der Waals surface area contributed by atoms with E-state index in [1.54, 1.807) is 0 Å². The van der Waals surface area contributed by atoms with E-state index in [-0.39, 0.29) is 18.4 Å².